The topological polar surface area (TPSA) is 65.7 Å². The molecule has 0 aliphatic rings. The Kier molecular flexibility index (Phi) is 4.72. The normalized spacial score (nSPS) is 11.1. The maximum absolute atomic E-state index is 13.7. The number of hydrogen-bond acceptors (Lipinski definition) is 6. The lowest BCUT2D eigenvalue weighted by atomic mass is 10.2. The van der Waals surface area contributed by atoms with Gasteiger partial charge in [-0.25, -0.2) is 14.4 Å². The van der Waals surface area contributed by atoms with E-state index in [0.717, 1.165) is 17.1 Å². The highest BCUT2D eigenvalue weighted by atomic mass is 32.2. The average Bonchev–Trinajstić information content (AvgIpc) is 3.11. The van der Waals surface area contributed by atoms with Gasteiger partial charge in [-0.3, -0.25) is 0 Å². The van der Waals surface area contributed by atoms with Crippen molar-refractivity contribution in [2.24, 2.45) is 0 Å². The monoisotopic (exact) mass is 381 g/mol. The van der Waals surface area contributed by atoms with E-state index in [4.69, 9.17) is 4.74 Å². The molecule has 2 heterocycles. The maximum atomic E-state index is 13.7. The van der Waals surface area contributed by atoms with E-state index in [-0.39, 0.29) is 5.82 Å². The number of hydrogen-bond donors (Lipinski definition) is 0. The molecule has 8 heteroatoms. The zero-order valence-electron chi connectivity index (χ0n) is 14.8. The Hall–Kier alpha value is -3.00. The highest BCUT2D eigenvalue weighted by molar-refractivity contribution is 7.99. The third-order valence-electron chi connectivity index (χ3n) is 4.13. The number of rotatable bonds is 5. The van der Waals surface area contributed by atoms with Gasteiger partial charge in [0.2, 0.25) is 0 Å². The number of ether oxygens (including phenoxy) is 1. The fourth-order valence-electron chi connectivity index (χ4n) is 2.78. The molecule has 0 amide bonds. The SMILES string of the molecule is CCn1c(Sc2ncnc3ccc(F)cc23)nnc1-c1ccc(OC)cc1. The highest BCUT2D eigenvalue weighted by Crippen LogP contribution is 2.32. The number of benzene rings is 2. The van der Waals surface area contributed by atoms with Crippen molar-refractivity contribution in [1.29, 1.82) is 0 Å². The number of nitrogens with zero attached hydrogens (tertiary/aromatic N) is 5. The molecule has 4 rings (SSSR count). The van der Waals surface area contributed by atoms with Gasteiger partial charge in [0.1, 0.15) is 22.9 Å². The lowest BCUT2D eigenvalue weighted by Gasteiger charge is -2.08. The molecule has 27 heavy (non-hydrogen) atoms. The molecule has 0 N–H and O–H groups in total. The first kappa shape index (κ1) is 17.4. The molecule has 136 valence electrons. The molecule has 0 fully saturated rings. The minimum atomic E-state index is -0.324. The van der Waals surface area contributed by atoms with Crippen molar-refractivity contribution in [2.75, 3.05) is 7.11 Å². The summed E-state index contributed by atoms with van der Waals surface area (Å²) in [5.41, 5.74) is 1.63. The molecule has 0 aliphatic carbocycles. The third kappa shape index (κ3) is 3.35. The van der Waals surface area contributed by atoms with Crippen molar-refractivity contribution in [3.8, 4) is 17.1 Å². The minimum absolute atomic E-state index is 0.324. The molecule has 0 bridgehead atoms. The van der Waals surface area contributed by atoms with Gasteiger partial charge >= 0.3 is 0 Å². The summed E-state index contributed by atoms with van der Waals surface area (Å²) in [6.07, 6.45) is 1.47. The van der Waals surface area contributed by atoms with Crippen molar-refractivity contribution in [1.82, 2.24) is 24.7 Å². The van der Waals surface area contributed by atoms with Gasteiger partial charge in [0.15, 0.2) is 11.0 Å². The molecule has 0 unspecified atom stereocenters. The lowest BCUT2D eigenvalue weighted by Crippen LogP contribution is -2.00. The first-order valence-electron chi connectivity index (χ1n) is 8.35. The second-order valence-corrected chi connectivity index (χ2v) is 6.68. The molecule has 0 aliphatic heterocycles. The van der Waals surface area contributed by atoms with Gasteiger partial charge in [0.25, 0.3) is 0 Å². The summed E-state index contributed by atoms with van der Waals surface area (Å²) in [4.78, 5) is 8.50. The lowest BCUT2D eigenvalue weighted by molar-refractivity contribution is 0.415. The van der Waals surface area contributed by atoms with Crippen molar-refractivity contribution >= 4 is 22.7 Å². The van der Waals surface area contributed by atoms with E-state index in [0.29, 0.717) is 27.6 Å². The fourth-order valence-corrected chi connectivity index (χ4v) is 3.73. The maximum Gasteiger partial charge on any atom is 0.197 e. The predicted molar refractivity (Wildman–Crippen MR) is 101 cm³/mol. The van der Waals surface area contributed by atoms with Crippen LogP contribution < -0.4 is 4.74 Å². The van der Waals surface area contributed by atoms with Gasteiger partial charge < -0.3 is 9.30 Å². The van der Waals surface area contributed by atoms with Crippen LogP contribution in [0.4, 0.5) is 4.39 Å². The Bertz CT molecular complexity index is 1100. The van der Waals surface area contributed by atoms with Crippen LogP contribution in [0.3, 0.4) is 0 Å². The zero-order valence-corrected chi connectivity index (χ0v) is 15.6. The van der Waals surface area contributed by atoms with Crippen LogP contribution in [0.1, 0.15) is 6.92 Å². The Morgan fingerprint density at radius 3 is 2.63 bits per heavy atom. The molecular weight excluding hydrogens is 365 g/mol. The van der Waals surface area contributed by atoms with Crippen LogP contribution in [0.25, 0.3) is 22.3 Å². The summed E-state index contributed by atoms with van der Waals surface area (Å²) in [6, 6.07) is 12.1. The van der Waals surface area contributed by atoms with Gasteiger partial charge in [-0.2, -0.15) is 0 Å². The third-order valence-corrected chi connectivity index (χ3v) is 5.13. The molecule has 0 saturated carbocycles. The van der Waals surface area contributed by atoms with Crippen molar-refractivity contribution in [3.05, 3.63) is 54.6 Å². The van der Waals surface area contributed by atoms with Gasteiger partial charge in [-0.05, 0) is 61.2 Å². The Balaban J connectivity index is 1.73. The van der Waals surface area contributed by atoms with E-state index in [9.17, 15) is 4.39 Å². The van der Waals surface area contributed by atoms with Crippen molar-refractivity contribution < 1.29 is 9.13 Å². The Morgan fingerprint density at radius 1 is 1.07 bits per heavy atom. The molecule has 4 aromatic rings. The van der Waals surface area contributed by atoms with E-state index >= 15 is 0 Å². The molecule has 2 aromatic heterocycles. The van der Waals surface area contributed by atoms with E-state index in [2.05, 4.69) is 20.2 Å². The number of aromatic nitrogens is 5. The molecule has 0 radical (unpaired) electrons. The quantitative estimate of drug-likeness (QED) is 0.483. The van der Waals surface area contributed by atoms with E-state index in [1.54, 1.807) is 13.2 Å². The molecule has 0 saturated heterocycles. The minimum Gasteiger partial charge on any atom is -0.497 e. The van der Waals surface area contributed by atoms with Crippen molar-refractivity contribution in [3.63, 3.8) is 0 Å². The van der Waals surface area contributed by atoms with Crippen molar-refractivity contribution in [2.45, 2.75) is 23.7 Å². The van der Waals surface area contributed by atoms with Crippen LogP contribution in [-0.4, -0.2) is 31.8 Å². The largest absolute Gasteiger partial charge is 0.497 e. The summed E-state index contributed by atoms with van der Waals surface area (Å²) >= 11 is 1.35. The predicted octanol–water partition coefficient (Wildman–Crippen LogP) is 4.21. The summed E-state index contributed by atoms with van der Waals surface area (Å²) in [7, 11) is 1.63. The van der Waals surface area contributed by atoms with Crippen LogP contribution >= 0.6 is 11.8 Å². The second-order valence-electron chi connectivity index (χ2n) is 5.72. The Labute approximate surface area is 159 Å². The smallest absolute Gasteiger partial charge is 0.197 e. The van der Waals surface area contributed by atoms with Gasteiger partial charge in [0, 0.05) is 17.5 Å². The first-order chi connectivity index (χ1) is 13.2. The van der Waals surface area contributed by atoms with Crippen LogP contribution in [0, 0.1) is 5.82 Å². The van der Waals surface area contributed by atoms with Gasteiger partial charge in [-0.15, -0.1) is 10.2 Å². The number of fused-ring (bicyclic) bond motifs is 1. The summed E-state index contributed by atoms with van der Waals surface area (Å²) in [5, 5.41) is 10.6. The number of halogens is 1. The first-order valence-corrected chi connectivity index (χ1v) is 9.17. The summed E-state index contributed by atoms with van der Waals surface area (Å²) < 4.78 is 20.9. The van der Waals surface area contributed by atoms with Crippen LogP contribution in [-0.2, 0) is 6.54 Å². The molecule has 2 aromatic carbocycles. The molecule has 6 nitrogen and oxygen atoms in total. The molecule has 0 spiro atoms. The zero-order chi connectivity index (χ0) is 18.8. The van der Waals surface area contributed by atoms with E-state index in [1.807, 2.05) is 35.8 Å². The second kappa shape index (κ2) is 7.32. The van der Waals surface area contributed by atoms with Gasteiger partial charge in [0.05, 0.1) is 12.6 Å². The van der Waals surface area contributed by atoms with E-state index < -0.39 is 0 Å². The molecular formula is C19H16FN5OS. The average molecular weight is 381 g/mol. The standard InChI is InChI=1S/C19H16FN5OS/c1-3-25-17(12-4-7-14(26-2)8-5-12)23-24-19(25)27-18-15-10-13(20)6-9-16(15)21-11-22-18/h4-11H,3H2,1-2H3. The summed E-state index contributed by atoms with van der Waals surface area (Å²) in [5.74, 6) is 1.22. The van der Waals surface area contributed by atoms with E-state index in [1.165, 1.54) is 30.2 Å². The fraction of sp³-hybridized carbons (Fsp3) is 0.158. The van der Waals surface area contributed by atoms with Crippen LogP contribution in [0.5, 0.6) is 5.75 Å². The van der Waals surface area contributed by atoms with Crippen LogP contribution in [0.15, 0.2) is 59.0 Å². The Morgan fingerprint density at radius 2 is 1.89 bits per heavy atom. The summed E-state index contributed by atoms with van der Waals surface area (Å²) in [6.45, 7) is 2.71. The molecule has 0 atom stereocenters. The highest BCUT2D eigenvalue weighted by Gasteiger charge is 2.16. The van der Waals surface area contributed by atoms with Gasteiger partial charge in [-0.1, -0.05) is 0 Å². The van der Waals surface area contributed by atoms with Crippen LogP contribution in [0.2, 0.25) is 0 Å². The number of methoxy groups -OCH3 is 1.